The van der Waals surface area contributed by atoms with Gasteiger partial charge in [0.05, 0.1) is 0 Å². The molecule has 1 heterocycles. The number of rotatable bonds is 2. The molecule has 0 bridgehead atoms. The number of H-pyrrole nitrogens is 2. The summed E-state index contributed by atoms with van der Waals surface area (Å²) in [4.78, 5) is 25.9. The first-order chi connectivity index (χ1) is 5.24. The Labute approximate surface area is 62.6 Å². The van der Waals surface area contributed by atoms with Crippen LogP contribution in [0.4, 0.5) is 0 Å². The highest BCUT2D eigenvalue weighted by molar-refractivity contribution is 5.06. The molecule has 0 aromatic carbocycles. The highest BCUT2D eigenvalue weighted by Gasteiger charge is 1.95. The van der Waals surface area contributed by atoms with Crippen molar-refractivity contribution in [1.82, 2.24) is 9.97 Å². The van der Waals surface area contributed by atoms with Crippen molar-refractivity contribution in [3.8, 4) is 0 Å². The van der Waals surface area contributed by atoms with Crippen LogP contribution in [0.5, 0.6) is 0 Å². The molecule has 0 spiro atoms. The molecule has 0 aliphatic rings. The molecule has 4 heteroatoms. The Bertz CT molecular complexity index is 361. The summed E-state index contributed by atoms with van der Waals surface area (Å²) in [6.07, 6.45) is 3.46. The Morgan fingerprint density at radius 3 is 2.82 bits per heavy atom. The topological polar surface area (TPSA) is 65.7 Å². The van der Waals surface area contributed by atoms with Crippen molar-refractivity contribution in [2.45, 2.75) is 6.42 Å². The van der Waals surface area contributed by atoms with Crippen molar-refractivity contribution in [2.24, 2.45) is 0 Å². The quantitative estimate of drug-likeness (QED) is 0.576. The van der Waals surface area contributed by atoms with Crippen LogP contribution >= 0.6 is 0 Å². The average Bonchev–Trinajstić information content (AvgIpc) is 1.95. The van der Waals surface area contributed by atoms with Crippen molar-refractivity contribution in [1.29, 1.82) is 0 Å². The van der Waals surface area contributed by atoms with E-state index in [-0.39, 0.29) is 5.56 Å². The molecule has 0 aliphatic heterocycles. The largest absolute Gasteiger partial charge is 0.325 e. The second-order valence-electron chi connectivity index (χ2n) is 2.09. The van der Waals surface area contributed by atoms with Gasteiger partial charge in [-0.2, -0.15) is 0 Å². The van der Waals surface area contributed by atoms with Gasteiger partial charge in [-0.3, -0.25) is 9.78 Å². The number of nitrogens with one attached hydrogen (secondary N) is 2. The summed E-state index contributed by atoms with van der Waals surface area (Å²) in [5.74, 6) is 0. The third-order valence-corrected chi connectivity index (χ3v) is 1.26. The molecule has 0 saturated heterocycles. The molecule has 0 fully saturated rings. The van der Waals surface area contributed by atoms with Gasteiger partial charge >= 0.3 is 5.69 Å². The van der Waals surface area contributed by atoms with Gasteiger partial charge in [-0.25, -0.2) is 4.79 Å². The van der Waals surface area contributed by atoms with E-state index < -0.39 is 5.69 Å². The van der Waals surface area contributed by atoms with E-state index in [1.165, 1.54) is 6.20 Å². The van der Waals surface area contributed by atoms with Gasteiger partial charge in [-0.15, -0.1) is 6.58 Å². The van der Waals surface area contributed by atoms with Crippen LogP contribution in [0.1, 0.15) is 5.56 Å². The molecule has 0 aliphatic carbocycles. The summed E-state index contributed by atoms with van der Waals surface area (Å²) in [7, 11) is 0. The molecule has 0 amide bonds. The Morgan fingerprint density at radius 2 is 2.27 bits per heavy atom. The van der Waals surface area contributed by atoms with Crippen LogP contribution in [0, 0.1) is 0 Å². The molecule has 11 heavy (non-hydrogen) atoms. The first kappa shape index (κ1) is 7.53. The van der Waals surface area contributed by atoms with Crippen molar-refractivity contribution < 1.29 is 0 Å². The van der Waals surface area contributed by atoms with Crippen LogP contribution in [-0.4, -0.2) is 9.97 Å². The zero-order valence-electron chi connectivity index (χ0n) is 5.89. The standard InChI is InChI=1S/C7H8N2O2/c1-2-3-5-4-8-7(11)9-6(5)10/h2,4H,1,3H2,(H2,8,9,10,11). The molecular formula is C7H8N2O2. The van der Waals surface area contributed by atoms with Gasteiger partial charge in [0.15, 0.2) is 0 Å². The normalized spacial score (nSPS) is 9.45. The fourth-order valence-electron chi connectivity index (χ4n) is 0.745. The van der Waals surface area contributed by atoms with E-state index in [0.717, 1.165) is 0 Å². The number of aromatic nitrogens is 2. The van der Waals surface area contributed by atoms with E-state index in [9.17, 15) is 9.59 Å². The maximum absolute atomic E-state index is 10.9. The van der Waals surface area contributed by atoms with Gasteiger partial charge in [0, 0.05) is 11.8 Å². The first-order valence-electron chi connectivity index (χ1n) is 3.16. The minimum absolute atomic E-state index is 0.353. The van der Waals surface area contributed by atoms with E-state index in [4.69, 9.17) is 0 Å². The summed E-state index contributed by atoms with van der Waals surface area (Å²) in [5.41, 5.74) is -0.323. The first-order valence-corrected chi connectivity index (χ1v) is 3.16. The maximum Gasteiger partial charge on any atom is 0.325 e. The summed E-state index contributed by atoms with van der Waals surface area (Å²) in [6, 6.07) is 0. The monoisotopic (exact) mass is 152 g/mol. The molecule has 58 valence electrons. The highest BCUT2D eigenvalue weighted by Crippen LogP contribution is 1.85. The highest BCUT2D eigenvalue weighted by atomic mass is 16.2. The van der Waals surface area contributed by atoms with Crippen LogP contribution in [0.3, 0.4) is 0 Å². The molecule has 4 nitrogen and oxygen atoms in total. The molecule has 0 radical (unpaired) electrons. The molecular weight excluding hydrogens is 144 g/mol. The van der Waals surface area contributed by atoms with E-state index in [1.807, 2.05) is 0 Å². The molecule has 1 aromatic heterocycles. The summed E-state index contributed by atoms with van der Waals surface area (Å²) in [6.45, 7) is 3.47. The van der Waals surface area contributed by atoms with Gasteiger partial charge in [0.1, 0.15) is 0 Å². The molecule has 1 rings (SSSR count). The lowest BCUT2D eigenvalue weighted by Crippen LogP contribution is -2.24. The van der Waals surface area contributed by atoms with Crippen molar-refractivity contribution in [2.75, 3.05) is 0 Å². The Balaban J connectivity index is 3.19. The lowest BCUT2D eigenvalue weighted by atomic mass is 10.2. The lowest BCUT2D eigenvalue weighted by molar-refractivity contribution is 0.985. The van der Waals surface area contributed by atoms with Crippen LogP contribution in [0.2, 0.25) is 0 Å². The summed E-state index contributed by atoms with van der Waals surface area (Å²) < 4.78 is 0. The molecule has 1 aromatic rings. The Hall–Kier alpha value is -1.58. The average molecular weight is 152 g/mol. The van der Waals surface area contributed by atoms with Gasteiger partial charge in [0.2, 0.25) is 0 Å². The van der Waals surface area contributed by atoms with E-state index >= 15 is 0 Å². The van der Waals surface area contributed by atoms with Crippen molar-refractivity contribution in [3.05, 3.63) is 45.3 Å². The minimum Gasteiger partial charge on any atom is -0.314 e. The Kier molecular flexibility index (Phi) is 2.06. The number of hydrogen-bond donors (Lipinski definition) is 2. The van der Waals surface area contributed by atoms with Gasteiger partial charge < -0.3 is 4.98 Å². The number of hydrogen-bond acceptors (Lipinski definition) is 2. The molecule has 0 unspecified atom stereocenters. The van der Waals surface area contributed by atoms with Gasteiger partial charge in [-0.1, -0.05) is 6.08 Å². The van der Waals surface area contributed by atoms with Crippen LogP contribution in [-0.2, 0) is 6.42 Å². The lowest BCUT2D eigenvalue weighted by Gasteiger charge is -1.90. The third kappa shape index (κ3) is 1.67. The minimum atomic E-state index is -0.484. The predicted octanol–water partition coefficient (Wildman–Crippen LogP) is -0.208. The van der Waals surface area contributed by atoms with Crippen molar-refractivity contribution in [3.63, 3.8) is 0 Å². The summed E-state index contributed by atoms with van der Waals surface area (Å²) >= 11 is 0. The zero-order chi connectivity index (χ0) is 8.27. The van der Waals surface area contributed by atoms with E-state index in [2.05, 4.69) is 16.5 Å². The molecule has 0 saturated carbocycles. The molecule has 2 N–H and O–H groups in total. The SMILES string of the molecule is C=CCc1c[nH]c(=O)[nH]c1=O. The second-order valence-corrected chi connectivity index (χ2v) is 2.09. The number of allylic oxidation sites excluding steroid dienone is 1. The Morgan fingerprint density at radius 1 is 1.55 bits per heavy atom. The second kappa shape index (κ2) is 3.01. The van der Waals surface area contributed by atoms with E-state index in [0.29, 0.717) is 12.0 Å². The maximum atomic E-state index is 10.9. The fourth-order valence-corrected chi connectivity index (χ4v) is 0.745. The van der Waals surface area contributed by atoms with Crippen molar-refractivity contribution >= 4 is 0 Å². The zero-order valence-corrected chi connectivity index (χ0v) is 5.89. The predicted molar refractivity (Wildman–Crippen MR) is 41.6 cm³/mol. The number of aromatic amines is 2. The van der Waals surface area contributed by atoms with Crippen LogP contribution in [0.15, 0.2) is 28.4 Å². The summed E-state index contributed by atoms with van der Waals surface area (Å²) in [5, 5.41) is 0. The smallest absolute Gasteiger partial charge is 0.314 e. The van der Waals surface area contributed by atoms with Crippen LogP contribution in [0.25, 0.3) is 0 Å². The third-order valence-electron chi connectivity index (χ3n) is 1.26. The van der Waals surface area contributed by atoms with Gasteiger partial charge in [0.25, 0.3) is 5.56 Å². The molecule has 0 atom stereocenters. The van der Waals surface area contributed by atoms with E-state index in [1.54, 1.807) is 6.08 Å². The van der Waals surface area contributed by atoms with Gasteiger partial charge in [-0.05, 0) is 6.42 Å². The van der Waals surface area contributed by atoms with Crippen LogP contribution < -0.4 is 11.2 Å². The fraction of sp³-hybridized carbons (Fsp3) is 0.143.